The molecule has 0 radical (unpaired) electrons. The third kappa shape index (κ3) is 2.53. The summed E-state index contributed by atoms with van der Waals surface area (Å²) in [6.07, 6.45) is 0. The van der Waals surface area contributed by atoms with E-state index in [1.54, 1.807) is 14.0 Å². The van der Waals surface area contributed by atoms with Crippen molar-refractivity contribution >= 4 is 5.91 Å². The van der Waals surface area contributed by atoms with Crippen molar-refractivity contribution in [2.45, 2.75) is 26.4 Å². The van der Waals surface area contributed by atoms with Crippen molar-refractivity contribution in [1.82, 2.24) is 20.1 Å². The van der Waals surface area contributed by atoms with Gasteiger partial charge in [0.2, 0.25) is 5.91 Å². The topological polar surface area (TPSA) is 87.9 Å². The number of H-pyrrole nitrogens is 1. The molecule has 0 aliphatic heterocycles. The molecule has 1 atom stereocenters. The Morgan fingerprint density at radius 3 is 2.79 bits per heavy atom. The van der Waals surface area contributed by atoms with Crippen molar-refractivity contribution in [3.05, 3.63) is 11.6 Å². The van der Waals surface area contributed by atoms with Crippen LogP contribution in [0.15, 0.2) is 0 Å². The normalized spacial score (nSPS) is 12.6. The van der Waals surface area contributed by atoms with Gasteiger partial charge in [-0.05, 0) is 13.8 Å². The standard InChI is InChI=1S/C8H15N5O/c1-5(9)8(14)13(3)4-7-10-6(2)11-12-7/h5H,4,9H2,1-3H3,(H,10,11,12). The van der Waals surface area contributed by atoms with Gasteiger partial charge in [-0.25, -0.2) is 4.98 Å². The zero-order chi connectivity index (χ0) is 10.7. The van der Waals surface area contributed by atoms with Crippen LogP contribution in [0.1, 0.15) is 18.6 Å². The molecular weight excluding hydrogens is 182 g/mol. The Kier molecular flexibility index (Phi) is 3.19. The Morgan fingerprint density at radius 1 is 1.71 bits per heavy atom. The summed E-state index contributed by atoms with van der Waals surface area (Å²) in [5.74, 6) is 1.22. The number of rotatable bonds is 3. The van der Waals surface area contributed by atoms with Crippen molar-refractivity contribution in [2.24, 2.45) is 5.73 Å². The number of carbonyl (C=O) groups excluding carboxylic acids is 1. The Morgan fingerprint density at radius 2 is 2.36 bits per heavy atom. The summed E-state index contributed by atoms with van der Waals surface area (Å²) in [4.78, 5) is 17.0. The molecule has 0 aromatic carbocycles. The van der Waals surface area contributed by atoms with Gasteiger partial charge in [-0.3, -0.25) is 9.89 Å². The van der Waals surface area contributed by atoms with E-state index in [-0.39, 0.29) is 5.91 Å². The second-order valence-electron chi connectivity index (χ2n) is 3.32. The average molecular weight is 197 g/mol. The van der Waals surface area contributed by atoms with Gasteiger partial charge < -0.3 is 10.6 Å². The number of nitrogens with one attached hydrogen (secondary N) is 1. The number of hydrogen-bond acceptors (Lipinski definition) is 4. The van der Waals surface area contributed by atoms with Crippen LogP contribution in [-0.4, -0.2) is 39.1 Å². The largest absolute Gasteiger partial charge is 0.337 e. The lowest BCUT2D eigenvalue weighted by molar-refractivity contribution is -0.131. The number of carbonyl (C=O) groups is 1. The van der Waals surface area contributed by atoms with E-state index in [0.717, 1.165) is 5.82 Å². The van der Waals surface area contributed by atoms with Crippen LogP contribution in [0, 0.1) is 6.92 Å². The number of hydrogen-bond donors (Lipinski definition) is 2. The second-order valence-corrected chi connectivity index (χ2v) is 3.32. The molecule has 1 unspecified atom stereocenters. The molecule has 1 heterocycles. The van der Waals surface area contributed by atoms with Crippen LogP contribution < -0.4 is 5.73 Å². The number of nitrogens with zero attached hydrogens (tertiary/aromatic N) is 3. The van der Waals surface area contributed by atoms with E-state index >= 15 is 0 Å². The molecule has 78 valence electrons. The molecule has 6 heteroatoms. The molecule has 0 aliphatic rings. The Hall–Kier alpha value is -1.43. The van der Waals surface area contributed by atoms with Gasteiger partial charge in [0.15, 0.2) is 5.82 Å². The van der Waals surface area contributed by atoms with Gasteiger partial charge >= 0.3 is 0 Å². The van der Waals surface area contributed by atoms with Crippen LogP contribution in [-0.2, 0) is 11.3 Å². The van der Waals surface area contributed by atoms with Crippen LogP contribution in [0.25, 0.3) is 0 Å². The first-order valence-corrected chi connectivity index (χ1v) is 4.39. The summed E-state index contributed by atoms with van der Waals surface area (Å²) in [5, 5.41) is 6.64. The third-order valence-corrected chi connectivity index (χ3v) is 1.79. The van der Waals surface area contributed by atoms with Crippen molar-refractivity contribution in [2.75, 3.05) is 7.05 Å². The number of amides is 1. The summed E-state index contributed by atoms with van der Waals surface area (Å²) >= 11 is 0. The van der Waals surface area contributed by atoms with E-state index in [1.165, 1.54) is 4.90 Å². The summed E-state index contributed by atoms with van der Waals surface area (Å²) in [6, 6.07) is -0.486. The predicted octanol–water partition coefficient (Wildman–Crippen LogP) is -0.581. The molecule has 1 aromatic heterocycles. The zero-order valence-corrected chi connectivity index (χ0v) is 8.61. The Balaban J connectivity index is 2.57. The van der Waals surface area contributed by atoms with Gasteiger partial charge in [-0.1, -0.05) is 0 Å². The number of aromatic nitrogens is 3. The fourth-order valence-corrected chi connectivity index (χ4v) is 1.10. The van der Waals surface area contributed by atoms with E-state index in [9.17, 15) is 4.79 Å². The molecule has 1 rings (SSSR count). The molecule has 14 heavy (non-hydrogen) atoms. The molecule has 6 nitrogen and oxygen atoms in total. The van der Waals surface area contributed by atoms with E-state index in [1.807, 2.05) is 6.92 Å². The van der Waals surface area contributed by atoms with Crippen molar-refractivity contribution in [3.63, 3.8) is 0 Å². The van der Waals surface area contributed by atoms with Gasteiger partial charge in [0.1, 0.15) is 5.82 Å². The first kappa shape index (κ1) is 10.6. The Bertz CT molecular complexity index is 319. The minimum absolute atomic E-state index is 0.118. The maximum absolute atomic E-state index is 11.4. The summed E-state index contributed by atoms with van der Waals surface area (Å²) < 4.78 is 0. The van der Waals surface area contributed by atoms with Gasteiger partial charge in [0, 0.05) is 7.05 Å². The summed E-state index contributed by atoms with van der Waals surface area (Å²) in [6.45, 7) is 3.84. The van der Waals surface area contributed by atoms with E-state index < -0.39 is 6.04 Å². The molecule has 0 saturated heterocycles. The van der Waals surface area contributed by atoms with Gasteiger partial charge in [-0.2, -0.15) is 5.10 Å². The van der Waals surface area contributed by atoms with Crippen molar-refractivity contribution in [1.29, 1.82) is 0 Å². The third-order valence-electron chi connectivity index (χ3n) is 1.79. The van der Waals surface area contributed by atoms with Crippen LogP contribution in [0.2, 0.25) is 0 Å². The molecule has 1 amide bonds. The van der Waals surface area contributed by atoms with Gasteiger partial charge in [0.25, 0.3) is 0 Å². The second kappa shape index (κ2) is 4.19. The first-order chi connectivity index (χ1) is 6.50. The number of likely N-dealkylation sites (N-methyl/N-ethyl adjacent to an activating group) is 1. The molecule has 0 saturated carbocycles. The molecule has 1 aromatic rings. The van der Waals surface area contributed by atoms with Gasteiger partial charge in [0.05, 0.1) is 12.6 Å². The molecule has 0 bridgehead atoms. The summed E-state index contributed by atoms with van der Waals surface area (Å²) in [7, 11) is 1.68. The highest BCUT2D eigenvalue weighted by Crippen LogP contribution is 1.98. The summed E-state index contributed by atoms with van der Waals surface area (Å²) in [5.41, 5.74) is 5.46. The van der Waals surface area contributed by atoms with E-state index in [4.69, 9.17) is 5.73 Å². The fourth-order valence-electron chi connectivity index (χ4n) is 1.10. The smallest absolute Gasteiger partial charge is 0.239 e. The highest BCUT2D eigenvalue weighted by Gasteiger charge is 2.14. The predicted molar refractivity (Wildman–Crippen MR) is 51.2 cm³/mol. The lowest BCUT2D eigenvalue weighted by atomic mass is 10.3. The quantitative estimate of drug-likeness (QED) is 0.678. The molecule has 0 spiro atoms. The van der Waals surface area contributed by atoms with Gasteiger partial charge in [-0.15, -0.1) is 0 Å². The SMILES string of the molecule is Cc1nc(CN(C)C(=O)C(C)N)n[nH]1. The Labute approximate surface area is 82.5 Å². The fraction of sp³-hybridized carbons (Fsp3) is 0.625. The lowest BCUT2D eigenvalue weighted by Crippen LogP contribution is -2.39. The minimum Gasteiger partial charge on any atom is -0.337 e. The highest BCUT2D eigenvalue weighted by molar-refractivity contribution is 5.80. The number of nitrogens with two attached hydrogens (primary N) is 1. The molecular formula is C8H15N5O. The zero-order valence-electron chi connectivity index (χ0n) is 8.61. The molecule has 0 fully saturated rings. The molecule has 3 N–H and O–H groups in total. The van der Waals surface area contributed by atoms with Crippen LogP contribution in [0.4, 0.5) is 0 Å². The number of aryl methyl sites for hydroxylation is 1. The van der Waals surface area contributed by atoms with Crippen molar-refractivity contribution < 1.29 is 4.79 Å². The first-order valence-electron chi connectivity index (χ1n) is 4.39. The number of aromatic amines is 1. The maximum atomic E-state index is 11.4. The van der Waals surface area contributed by atoms with Crippen LogP contribution in [0.5, 0.6) is 0 Å². The van der Waals surface area contributed by atoms with E-state index in [0.29, 0.717) is 12.4 Å². The maximum Gasteiger partial charge on any atom is 0.239 e. The van der Waals surface area contributed by atoms with Crippen LogP contribution in [0.3, 0.4) is 0 Å². The minimum atomic E-state index is -0.486. The highest BCUT2D eigenvalue weighted by atomic mass is 16.2. The average Bonchev–Trinajstić information content (AvgIpc) is 2.49. The van der Waals surface area contributed by atoms with Crippen molar-refractivity contribution in [3.8, 4) is 0 Å². The van der Waals surface area contributed by atoms with E-state index in [2.05, 4.69) is 15.2 Å². The lowest BCUT2D eigenvalue weighted by Gasteiger charge is -2.17. The monoisotopic (exact) mass is 197 g/mol. The molecule has 0 aliphatic carbocycles. The van der Waals surface area contributed by atoms with Crippen LogP contribution >= 0.6 is 0 Å².